The molecule has 14 heteroatoms. The first-order valence-corrected chi connectivity index (χ1v) is 16.0. The van der Waals surface area contributed by atoms with E-state index in [4.69, 9.17) is 0 Å². The predicted molar refractivity (Wildman–Crippen MR) is 167 cm³/mol. The van der Waals surface area contributed by atoms with Crippen molar-refractivity contribution in [2.24, 2.45) is 5.92 Å². The number of rotatable bonds is 9. The number of hydrogen-bond acceptors (Lipinski definition) is 9. The number of nitrogens with zero attached hydrogens (tertiary/aromatic N) is 5. The number of carbonyl (C=O) groups is 2. The first-order valence-electron chi connectivity index (χ1n) is 15.2. The van der Waals surface area contributed by atoms with E-state index < -0.39 is 18.2 Å². The Hall–Kier alpha value is -3.78. The molecule has 10 nitrogen and oxygen atoms in total. The van der Waals surface area contributed by atoms with Crippen LogP contribution in [-0.4, -0.2) is 68.9 Å². The third kappa shape index (κ3) is 8.91. The molecule has 4 heterocycles. The monoisotopic (exact) mass is 648 g/mol. The molecule has 0 bridgehead atoms. The lowest BCUT2D eigenvalue weighted by atomic mass is 9.97. The molecule has 2 aliphatic heterocycles. The number of piperidine rings is 1. The van der Waals surface area contributed by atoms with Crippen LogP contribution in [0.3, 0.4) is 0 Å². The first kappa shape index (κ1) is 34.1. The summed E-state index contributed by atoms with van der Waals surface area (Å²) < 4.78 is 43.2. The quantitative estimate of drug-likeness (QED) is 0.259. The van der Waals surface area contributed by atoms with Crippen molar-refractivity contribution in [3.05, 3.63) is 46.7 Å². The third-order valence-electron chi connectivity index (χ3n) is 7.83. The molecule has 1 unspecified atom stereocenters. The summed E-state index contributed by atoms with van der Waals surface area (Å²) in [5.74, 6) is -1.46. The standard InChI is InChI=1S/C29H33F3N6O4S.C2H6/c1-3-20-5-4-8-38(20)16-23-25(19-11-17(2)12-21(13-19)42-29(30,31)32)35-28(43-23)36-26(39)22-14-34-24(15-33-22)37-9-6-18(7-10-37)27(40)41;1-2/h11-15,18,20H,3-10,16H2,1-2H3,(H,40,41)(H,35,36,39);1-2H3. The van der Waals surface area contributed by atoms with E-state index in [9.17, 15) is 27.9 Å². The number of aryl methyl sites for hydroxylation is 1. The van der Waals surface area contributed by atoms with Gasteiger partial charge in [-0.15, -0.1) is 13.2 Å². The summed E-state index contributed by atoms with van der Waals surface area (Å²) in [7, 11) is 0. The topological polar surface area (TPSA) is 121 Å². The number of anilines is 2. The molecule has 1 aromatic carbocycles. The Balaban J connectivity index is 0.00000226. The second-order valence-electron chi connectivity index (χ2n) is 10.9. The van der Waals surface area contributed by atoms with Gasteiger partial charge in [-0.1, -0.05) is 32.1 Å². The lowest BCUT2D eigenvalue weighted by molar-refractivity contribution is -0.274. The summed E-state index contributed by atoms with van der Waals surface area (Å²) in [6, 6.07) is 4.78. The van der Waals surface area contributed by atoms with Gasteiger partial charge in [0.2, 0.25) is 0 Å². The van der Waals surface area contributed by atoms with Crippen molar-refractivity contribution in [2.75, 3.05) is 29.9 Å². The molecular weight excluding hydrogens is 609 g/mol. The van der Waals surface area contributed by atoms with E-state index in [2.05, 4.69) is 36.8 Å². The van der Waals surface area contributed by atoms with Gasteiger partial charge in [0.05, 0.1) is 24.0 Å². The number of thiazole rings is 1. The number of carbonyl (C=O) groups excluding carboxylic acids is 1. The highest BCUT2D eigenvalue weighted by Crippen LogP contribution is 2.37. The van der Waals surface area contributed by atoms with E-state index in [1.807, 2.05) is 18.7 Å². The van der Waals surface area contributed by atoms with Crippen LogP contribution in [0.25, 0.3) is 11.3 Å². The second kappa shape index (κ2) is 15.0. The minimum absolute atomic E-state index is 0.0736. The number of benzene rings is 1. The van der Waals surface area contributed by atoms with Crippen LogP contribution in [0.5, 0.6) is 5.75 Å². The van der Waals surface area contributed by atoms with Crippen molar-refractivity contribution in [2.45, 2.75) is 78.7 Å². The molecule has 0 spiro atoms. The van der Waals surface area contributed by atoms with Gasteiger partial charge in [0, 0.05) is 36.1 Å². The molecule has 2 fully saturated rings. The van der Waals surface area contributed by atoms with Gasteiger partial charge < -0.3 is 14.7 Å². The molecule has 2 aliphatic rings. The largest absolute Gasteiger partial charge is 0.573 e. The molecule has 45 heavy (non-hydrogen) atoms. The highest BCUT2D eigenvalue weighted by molar-refractivity contribution is 7.16. The number of likely N-dealkylation sites (tertiary alicyclic amines) is 1. The Morgan fingerprint density at radius 1 is 1.09 bits per heavy atom. The average molecular weight is 649 g/mol. The van der Waals surface area contributed by atoms with Crippen LogP contribution in [0.2, 0.25) is 0 Å². The van der Waals surface area contributed by atoms with Gasteiger partial charge in [0.25, 0.3) is 5.91 Å². The van der Waals surface area contributed by atoms with E-state index in [-0.39, 0.29) is 17.4 Å². The molecule has 2 saturated heterocycles. The Labute approximate surface area is 264 Å². The molecule has 2 N–H and O–H groups in total. The SMILES string of the molecule is CC.CCC1CCCN1Cc1sc(NC(=O)c2cnc(N3CCC(C(=O)O)CC3)cn2)nc1-c1cc(C)cc(OC(F)(F)F)c1. The molecule has 2 aromatic heterocycles. The molecule has 0 saturated carbocycles. The van der Waals surface area contributed by atoms with Crippen LogP contribution in [0.1, 0.15) is 73.8 Å². The van der Waals surface area contributed by atoms with Crippen LogP contribution in [0.4, 0.5) is 24.1 Å². The summed E-state index contributed by atoms with van der Waals surface area (Å²) in [6.07, 6.45) is 2.17. The van der Waals surface area contributed by atoms with Crippen LogP contribution < -0.4 is 15.0 Å². The normalized spacial score (nSPS) is 17.5. The lowest BCUT2D eigenvalue weighted by Crippen LogP contribution is -2.36. The first-order chi connectivity index (χ1) is 21.5. The van der Waals surface area contributed by atoms with Gasteiger partial charge in [0.1, 0.15) is 17.3 Å². The van der Waals surface area contributed by atoms with Crippen LogP contribution in [-0.2, 0) is 11.3 Å². The molecule has 0 aliphatic carbocycles. The van der Waals surface area contributed by atoms with Crippen LogP contribution in [0.15, 0.2) is 30.6 Å². The Kier molecular flexibility index (Phi) is 11.4. The van der Waals surface area contributed by atoms with E-state index in [0.717, 1.165) is 30.7 Å². The average Bonchev–Trinajstić information content (AvgIpc) is 3.63. The smallest absolute Gasteiger partial charge is 0.481 e. The Morgan fingerprint density at radius 3 is 2.44 bits per heavy atom. The zero-order valence-corrected chi connectivity index (χ0v) is 26.7. The van der Waals surface area contributed by atoms with Gasteiger partial charge in [-0.25, -0.2) is 15.0 Å². The maximum Gasteiger partial charge on any atom is 0.573 e. The number of nitrogens with one attached hydrogen (secondary N) is 1. The van der Waals surface area contributed by atoms with E-state index in [1.165, 1.54) is 35.9 Å². The van der Waals surface area contributed by atoms with Crippen molar-refractivity contribution in [1.29, 1.82) is 0 Å². The Bertz CT molecular complexity index is 1460. The summed E-state index contributed by atoms with van der Waals surface area (Å²) in [4.78, 5) is 42.7. The van der Waals surface area contributed by atoms with Crippen molar-refractivity contribution < 1.29 is 32.6 Å². The Morgan fingerprint density at radius 2 is 1.82 bits per heavy atom. The summed E-state index contributed by atoms with van der Waals surface area (Å²) >= 11 is 1.28. The third-order valence-corrected chi connectivity index (χ3v) is 8.79. The number of amides is 1. The number of aromatic nitrogens is 3. The fourth-order valence-corrected chi connectivity index (χ4v) is 6.69. The second-order valence-corrected chi connectivity index (χ2v) is 11.9. The van der Waals surface area contributed by atoms with Crippen LogP contribution in [0, 0.1) is 12.8 Å². The van der Waals surface area contributed by atoms with Gasteiger partial charge >= 0.3 is 12.3 Å². The summed E-state index contributed by atoms with van der Waals surface area (Å²) in [5, 5.41) is 12.3. The number of ether oxygens (including phenoxy) is 1. The van der Waals surface area contributed by atoms with Gasteiger partial charge in [-0.2, -0.15) is 0 Å². The maximum atomic E-state index is 13.1. The highest BCUT2D eigenvalue weighted by atomic mass is 32.1. The fraction of sp³-hybridized carbons (Fsp3) is 0.516. The van der Waals surface area contributed by atoms with Crippen LogP contribution >= 0.6 is 11.3 Å². The molecule has 1 atom stereocenters. The number of alkyl halides is 3. The molecular formula is C31H39F3N6O4S. The van der Waals surface area contributed by atoms with Crippen molar-refractivity contribution in [1.82, 2.24) is 19.9 Å². The number of carboxylic acids is 1. The minimum atomic E-state index is -4.83. The van der Waals surface area contributed by atoms with Crippen molar-refractivity contribution in [3.8, 4) is 17.0 Å². The maximum absolute atomic E-state index is 13.1. The van der Waals surface area contributed by atoms with E-state index in [0.29, 0.717) is 66.3 Å². The zero-order valence-electron chi connectivity index (χ0n) is 25.9. The van der Waals surface area contributed by atoms with Gasteiger partial charge in [-0.3, -0.25) is 19.8 Å². The van der Waals surface area contributed by atoms with Crippen molar-refractivity contribution >= 4 is 34.2 Å². The minimum Gasteiger partial charge on any atom is -0.481 e. The number of hydrogen-bond donors (Lipinski definition) is 2. The molecule has 3 aromatic rings. The molecule has 1 amide bonds. The highest BCUT2D eigenvalue weighted by Gasteiger charge is 2.32. The zero-order chi connectivity index (χ0) is 32.7. The predicted octanol–water partition coefficient (Wildman–Crippen LogP) is 6.76. The summed E-state index contributed by atoms with van der Waals surface area (Å²) in [5.41, 5.74) is 1.61. The molecule has 5 rings (SSSR count). The van der Waals surface area contributed by atoms with E-state index >= 15 is 0 Å². The molecule has 0 radical (unpaired) electrons. The number of aliphatic carboxylic acids is 1. The number of carboxylic acid groups (broad SMARTS) is 1. The van der Waals surface area contributed by atoms with Gasteiger partial charge in [0.15, 0.2) is 5.13 Å². The fourth-order valence-electron chi connectivity index (χ4n) is 5.68. The lowest BCUT2D eigenvalue weighted by Gasteiger charge is -2.30. The van der Waals surface area contributed by atoms with Gasteiger partial charge in [-0.05, 0) is 69.3 Å². The van der Waals surface area contributed by atoms with Crippen molar-refractivity contribution in [3.63, 3.8) is 0 Å². The molecule has 244 valence electrons. The number of halogens is 3. The van der Waals surface area contributed by atoms with E-state index in [1.54, 1.807) is 13.0 Å². The summed E-state index contributed by atoms with van der Waals surface area (Å²) in [6.45, 7) is 10.3.